The fourth-order valence-corrected chi connectivity index (χ4v) is 2.07. The number of anilines is 3. The van der Waals surface area contributed by atoms with Gasteiger partial charge in [-0.15, -0.1) is 0 Å². The summed E-state index contributed by atoms with van der Waals surface area (Å²) in [6.45, 7) is 7.29. The lowest BCUT2D eigenvalue weighted by Gasteiger charge is -2.12. The molecule has 0 saturated carbocycles. The zero-order valence-corrected chi connectivity index (χ0v) is 13.7. The summed E-state index contributed by atoms with van der Waals surface area (Å²) >= 11 is 0. The maximum absolute atomic E-state index is 5.34. The van der Waals surface area contributed by atoms with Gasteiger partial charge in [-0.2, -0.15) is 4.98 Å². The summed E-state index contributed by atoms with van der Waals surface area (Å²) in [6.07, 6.45) is 1.11. The van der Waals surface area contributed by atoms with E-state index in [1.807, 2.05) is 37.3 Å². The van der Waals surface area contributed by atoms with Crippen LogP contribution in [0.2, 0.25) is 0 Å². The molecular weight excluding hydrogens is 276 g/mol. The first kappa shape index (κ1) is 16.1. The molecule has 0 spiro atoms. The Kier molecular flexibility index (Phi) is 5.58. The molecule has 0 unspecified atom stereocenters. The van der Waals surface area contributed by atoms with Crippen molar-refractivity contribution in [1.82, 2.24) is 9.97 Å². The first-order valence-electron chi connectivity index (χ1n) is 7.58. The number of rotatable bonds is 7. The average Bonchev–Trinajstić information content (AvgIpc) is 2.47. The van der Waals surface area contributed by atoms with Gasteiger partial charge in [0.05, 0.1) is 12.8 Å². The molecule has 0 saturated heterocycles. The molecule has 0 aliphatic carbocycles. The number of para-hydroxylation sites is 2. The normalized spacial score (nSPS) is 10.6. The lowest BCUT2D eigenvalue weighted by molar-refractivity contribution is 0.417. The van der Waals surface area contributed by atoms with Crippen LogP contribution in [0.4, 0.5) is 17.5 Å². The summed E-state index contributed by atoms with van der Waals surface area (Å²) in [5.74, 6) is 2.84. The highest BCUT2D eigenvalue weighted by Crippen LogP contribution is 2.26. The molecule has 0 fully saturated rings. The van der Waals surface area contributed by atoms with Crippen LogP contribution in [0.25, 0.3) is 0 Å². The summed E-state index contributed by atoms with van der Waals surface area (Å²) in [6, 6.07) is 9.67. The van der Waals surface area contributed by atoms with Crippen LogP contribution in [0.5, 0.6) is 5.75 Å². The molecule has 2 aromatic rings. The van der Waals surface area contributed by atoms with Crippen molar-refractivity contribution in [2.24, 2.45) is 5.92 Å². The van der Waals surface area contributed by atoms with Crippen LogP contribution in [0.3, 0.4) is 0 Å². The van der Waals surface area contributed by atoms with Gasteiger partial charge in [-0.25, -0.2) is 4.98 Å². The third-order valence-electron chi connectivity index (χ3n) is 3.24. The summed E-state index contributed by atoms with van der Waals surface area (Å²) in [5, 5.41) is 6.57. The number of ether oxygens (including phenoxy) is 1. The van der Waals surface area contributed by atoms with Gasteiger partial charge in [0, 0.05) is 18.3 Å². The lowest BCUT2D eigenvalue weighted by atomic mass is 10.1. The predicted octanol–water partition coefficient (Wildman–Crippen LogP) is 4.00. The van der Waals surface area contributed by atoms with Gasteiger partial charge in [-0.05, 0) is 31.4 Å². The molecule has 2 N–H and O–H groups in total. The zero-order chi connectivity index (χ0) is 15.9. The van der Waals surface area contributed by atoms with Gasteiger partial charge in [-0.1, -0.05) is 26.0 Å². The quantitative estimate of drug-likeness (QED) is 0.809. The highest BCUT2D eigenvalue weighted by molar-refractivity contribution is 5.63. The largest absolute Gasteiger partial charge is 0.495 e. The Balaban J connectivity index is 2.12. The lowest BCUT2D eigenvalue weighted by Crippen LogP contribution is -2.08. The smallest absolute Gasteiger partial charge is 0.229 e. The van der Waals surface area contributed by atoms with Gasteiger partial charge in [0.2, 0.25) is 5.95 Å². The monoisotopic (exact) mass is 300 g/mol. The van der Waals surface area contributed by atoms with Crippen molar-refractivity contribution in [1.29, 1.82) is 0 Å². The predicted molar refractivity (Wildman–Crippen MR) is 91.0 cm³/mol. The molecule has 0 aliphatic heterocycles. The third kappa shape index (κ3) is 4.62. The second-order valence-corrected chi connectivity index (χ2v) is 5.65. The number of methoxy groups -OCH3 is 1. The highest BCUT2D eigenvalue weighted by atomic mass is 16.5. The average molecular weight is 300 g/mol. The summed E-state index contributed by atoms with van der Waals surface area (Å²) < 4.78 is 5.34. The minimum Gasteiger partial charge on any atom is -0.495 e. The van der Waals surface area contributed by atoms with E-state index in [1.54, 1.807) is 7.11 Å². The van der Waals surface area contributed by atoms with Crippen molar-refractivity contribution < 1.29 is 4.74 Å². The topological polar surface area (TPSA) is 59.1 Å². The van der Waals surface area contributed by atoms with Crippen molar-refractivity contribution in [3.05, 3.63) is 36.0 Å². The van der Waals surface area contributed by atoms with Crippen LogP contribution >= 0.6 is 0 Å². The molecular formula is C17H24N4O. The highest BCUT2D eigenvalue weighted by Gasteiger charge is 2.06. The van der Waals surface area contributed by atoms with E-state index in [9.17, 15) is 0 Å². The molecule has 5 heteroatoms. The maximum atomic E-state index is 5.34. The maximum Gasteiger partial charge on any atom is 0.229 e. The Morgan fingerprint density at radius 2 is 1.95 bits per heavy atom. The molecule has 1 aromatic heterocycles. The summed E-state index contributed by atoms with van der Waals surface area (Å²) in [7, 11) is 1.65. The van der Waals surface area contributed by atoms with Crippen molar-refractivity contribution in [3.63, 3.8) is 0 Å². The Bertz CT molecular complexity index is 613. The number of aryl methyl sites for hydroxylation is 1. The summed E-state index contributed by atoms with van der Waals surface area (Å²) in [5.41, 5.74) is 1.77. The Labute approximate surface area is 132 Å². The van der Waals surface area contributed by atoms with Gasteiger partial charge in [0.15, 0.2) is 0 Å². The van der Waals surface area contributed by atoms with Crippen LogP contribution in [0.15, 0.2) is 30.3 Å². The molecule has 118 valence electrons. The van der Waals surface area contributed by atoms with E-state index < -0.39 is 0 Å². The molecule has 0 amide bonds. The zero-order valence-electron chi connectivity index (χ0n) is 13.7. The standard InChI is InChI=1S/C17H24N4O/c1-12(2)9-10-18-16-11-13(3)19-17(21-16)20-14-7-5-6-8-15(14)22-4/h5-8,11-12H,9-10H2,1-4H3,(H2,18,19,20,21). The van der Waals surface area contributed by atoms with Crippen molar-refractivity contribution in [2.75, 3.05) is 24.3 Å². The second kappa shape index (κ2) is 7.64. The van der Waals surface area contributed by atoms with Gasteiger partial charge in [0.25, 0.3) is 0 Å². The van der Waals surface area contributed by atoms with Crippen LogP contribution in [0.1, 0.15) is 26.0 Å². The first-order valence-corrected chi connectivity index (χ1v) is 7.58. The van der Waals surface area contributed by atoms with Crippen LogP contribution in [-0.4, -0.2) is 23.6 Å². The van der Waals surface area contributed by atoms with Crippen LogP contribution < -0.4 is 15.4 Å². The van der Waals surface area contributed by atoms with E-state index >= 15 is 0 Å². The number of hydrogen-bond donors (Lipinski definition) is 2. The number of hydrogen-bond acceptors (Lipinski definition) is 5. The number of aromatic nitrogens is 2. The Hall–Kier alpha value is -2.30. The number of nitrogens with zero attached hydrogens (tertiary/aromatic N) is 2. The van der Waals surface area contributed by atoms with Gasteiger partial charge >= 0.3 is 0 Å². The van der Waals surface area contributed by atoms with Crippen LogP contribution in [0, 0.1) is 12.8 Å². The van der Waals surface area contributed by atoms with E-state index in [1.165, 1.54) is 0 Å². The molecule has 0 atom stereocenters. The third-order valence-corrected chi connectivity index (χ3v) is 3.24. The first-order chi connectivity index (χ1) is 10.6. The fourth-order valence-electron chi connectivity index (χ4n) is 2.07. The SMILES string of the molecule is COc1ccccc1Nc1nc(C)cc(NCCC(C)C)n1. The van der Waals surface area contributed by atoms with Gasteiger partial charge < -0.3 is 15.4 Å². The van der Waals surface area contributed by atoms with Crippen LogP contribution in [-0.2, 0) is 0 Å². The Morgan fingerprint density at radius 1 is 1.18 bits per heavy atom. The van der Waals surface area contributed by atoms with E-state index in [-0.39, 0.29) is 0 Å². The molecule has 0 bridgehead atoms. The molecule has 0 aliphatic rings. The van der Waals surface area contributed by atoms with E-state index in [4.69, 9.17) is 4.74 Å². The molecule has 2 rings (SSSR count). The second-order valence-electron chi connectivity index (χ2n) is 5.65. The van der Waals surface area contributed by atoms with Crippen molar-refractivity contribution >= 4 is 17.5 Å². The summed E-state index contributed by atoms with van der Waals surface area (Å²) in [4.78, 5) is 8.94. The molecule has 5 nitrogen and oxygen atoms in total. The fraction of sp³-hybridized carbons (Fsp3) is 0.412. The van der Waals surface area contributed by atoms with E-state index in [0.29, 0.717) is 11.9 Å². The minimum atomic E-state index is 0.566. The number of nitrogens with one attached hydrogen (secondary N) is 2. The van der Waals surface area contributed by atoms with E-state index in [2.05, 4.69) is 34.4 Å². The molecule has 1 heterocycles. The molecule has 1 aromatic carbocycles. The minimum absolute atomic E-state index is 0.566. The van der Waals surface area contributed by atoms with Gasteiger partial charge in [-0.3, -0.25) is 0 Å². The number of benzene rings is 1. The Morgan fingerprint density at radius 3 is 2.68 bits per heavy atom. The van der Waals surface area contributed by atoms with E-state index in [0.717, 1.165) is 35.9 Å². The molecule has 0 radical (unpaired) electrons. The van der Waals surface area contributed by atoms with Crippen molar-refractivity contribution in [3.8, 4) is 5.75 Å². The molecule has 22 heavy (non-hydrogen) atoms. The van der Waals surface area contributed by atoms with Crippen molar-refractivity contribution in [2.45, 2.75) is 27.2 Å². The van der Waals surface area contributed by atoms with Gasteiger partial charge in [0.1, 0.15) is 11.6 Å².